The van der Waals surface area contributed by atoms with Gasteiger partial charge in [0, 0.05) is 5.56 Å². The molecule has 4 nitrogen and oxygen atoms in total. The predicted molar refractivity (Wildman–Crippen MR) is 69.7 cm³/mol. The molecule has 0 aliphatic heterocycles. The van der Waals surface area contributed by atoms with E-state index in [1.54, 1.807) is 0 Å². The van der Waals surface area contributed by atoms with Gasteiger partial charge < -0.3 is 15.4 Å². The highest BCUT2D eigenvalue weighted by atomic mass is 35.5. The number of anilines is 1. The van der Waals surface area contributed by atoms with Crippen molar-refractivity contribution in [3.05, 3.63) is 28.4 Å². The van der Waals surface area contributed by atoms with Crippen molar-refractivity contribution < 1.29 is 9.63 Å². The SMILES string of the molecule is Nc1oncc1-c1c(O)c(Cl)cc2c1CCCC2. The van der Waals surface area contributed by atoms with E-state index in [4.69, 9.17) is 21.9 Å². The Labute approximate surface area is 109 Å². The van der Waals surface area contributed by atoms with Crippen LogP contribution in [0.1, 0.15) is 24.0 Å². The minimum Gasteiger partial charge on any atom is -0.506 e. The number of nitrogens with zero attached hydrogens (tertiary/aromatic N) is 1. The molecule has 0 atom stereocenters. The van der Waals surface area contributed by atoms with Gasteiger partial charge in [-0.3, -0.25) is 0 Å². The van der Waals surface area contributed by atoms with E-state index in [1.807, 2.05) is 6.07 Å². The highest BCUT2D eigenvalue weighted by Gasteiger charge is 2.23. The van der Waals surface area contributed by atoms with E-state index in [9.17, 15) is 5.11 Å². The number of aromatic nitrogens is 1. The lowest BCUT2D eigenvalue weighted by atomic mass is 9.86. The van der Waals surface area contributed by atoms with E-state index in [1.165, 1.54) is 11.8 Å². The van der Waals surface area contributed by atoms with Gasteiger partial charge in [0.05, 0.1) is 16.8 Å². The number of aryl methyl sites for hydroxylation is 1. The quantitative estimate of drug-likeness (QED) is 0.830. The van der Waals surface area contributed by atoms with Crippen molar-refractivity contribution in [2.75, 3.05) is 5.73 Å². The van der Waals surface area contributed by atoms with E-state index >= 15 is 0 Å². The molecule has 0 amide bonds. The van der Waals surface area contributed by atoms with Crippen molar-refractivity contribution in [3.8, 4) is 16.9 Å². The summed E-state index contributed by atoms with van der Waals surface area (Å²) in [5.74, 6) is 0.271. The molecule has 0 spiro atoms. The molecular weight excluding hydrogens is 252 g/mol. The average molecular weight is 265 g/mol. The number of aromatic hydroxyl groups is 1. The fourth-order valence-corrected chi connectivity index (χ4v) is 2.81. The highest BCUT2D eigenvalue weighted by molar-refractivity contribution is 6.32. The van der Waals surface area contributed by atoms with E-state index in [-0.39, 0.29) is 11.6 Å². The lowest BCUT2D eigenvalue weighted by Gasteiger charge is -2.20. The molecule has 5 heteroatoms. The molecule has 0 saturated heterocycles. The molecule has 3 N–H and O–H groups in total. The molecular formula is C13H13ClN2O2. The first kappa shape index (κ1) is 11.4. The summed E-state index contributed by atoms with van der Waals surface area (Å²) >= 11 is 6.08. The van der Waals surface area contributed by atoms with Crippen molar-refractivity contribution in [2.45, 2.75) is 25.7 Å². The third kappa shape index (κ3) is 1.64. The van der Waals surface area contributed by atoms with Gasteiger partial charge in [-0.2, -0.15) is 0 Å². The summed E-state index contributed by atoms with van der Waals surface area (Å²) in [6.07, 6.45) is 5.67. The van der Waals surface area contributed by atoms with Crippen LogP contribution in [-0.2, 0) is 12.8 Å². The van der Waals surface area contributed by atoms with Crippen molar-refractivity contribution in [1.82, 2.24) is 5.16 Å². The van der Waals surface area contributed by atoms with Gasteiger partial charge in [0.25, 0.3) is 0 Å². The van der Waals surface area contributed by atoms with Crippen molar-refractivity contribution >= 4 is 17.5 Å². The molecule has 0 saturated carbocycles. The van der Waals surface area contributed by atoms with Gasteiger partial charge in [-0.15, -0.1) is 0 Å². The number of fused-ring (bicyclic) bond motifs is 1. The first-order valence-electron chi connectivity index (χ1n) is 5.92. The Morgan fingerprint density at radius 3 is 2.83 bits per heavy atom. The summed E-state index contributed by atoms with van der Waals surface area (Å²) in [6.45, 7) is 0. The largest absolute Gasteiger partial charge is 0.506 e. The second-order valence-corrected chi connectivity index (χ2v) is 4.94. The zero-order valence-corrected chi connectivity index (χ0v) is 10.5. The summed E-state index contributed by atoms with van der Waals surface area (Å²) in [5.41, 5.74) is 9.33. The molecule has 94 valence electrons. The lowest BCUT2D eigenvalue weighted by molar-refractivity contribution is 0.436. The summed E-state index contributed by atoms with van der Waals surface area (Å²) in [6, 6.07) is 1.85. The molecule has 18 heavy (non-hydrogen) atoms. The zero-order valence-electron chi connectivity index (χ0n) is 9.74. The standard InChI is InChI=1S/C13H13ClN2O2/c14-10-5-7-3-1-2-4-8(7)11(12(10)17)9-6-16-18-13(9)15/h5-6,17H,1-4,15H2. The number of phenols is 1. The van der Waals surface area contributed by atoms with Crippen LogP contribution in [0.15, 0.2) is 16.8 Å². The number of hydrogen-bond acceptors (Lipinski definition) is 4. The van der Waals surface area contributed by atoms with Crippen LogP contribution in [0.25, 0.3) is 11.1 Å². The first-order chi connectivity index (χ1) is 8.68. The van der Waals surface area contributed by atoms with E-state index in [0.717, 1.165) is 31.2 Å². The monoisotopic (exact) mass is 264 g/mol. The van der Waals surface area contributed by atoms with Gasteiger partial charge in [0.1, 0.15) is 5.75 Å². The van der Waals surface area contributed by atoms with Crippen LogP contribution in [0, 0.1) is 0 Å². The van der Waals surface area contributed by atoms with Crippen molar-refractivity contribution in [1.29, 1.82) is 0 Å². The molecule has 0 bridgehead atoms. The molecule has 2 aromatic rings. The Balaban J connectivity index is 2.30. The summed E-state index contributed by atoms with van der Waals surface area (Å²) in [4.78, 5) is 0. The summed E-state index contributed by atoms with van der Waals surface area (Å²) < 4.78 is 4.88. The number of nitrogen functional groups attached to an aromatic ring is 1. The molecule has 1 aromatic heterocycles. The normalized spacial score (nSPS) is 14.5. The Morgan fingerprint density at radius 2 is 2.11 bits per heavy atom. The number of phenolic OH excluding ortho intramolecular Hbond substituents is 1. The van der Waals surface area contributed by atoms with Crippen molar-refractivity contribution in [3.63, 3.8) is 0 Å². The zero-order chi connectivity index (χ0) is 12.7. The van der Waals surface area contributed by atoms with Gasteiger partial charge >= 0.3 is 0 Å². The molecule has 1 heterocycles. The smallest absolute Gasteiger partial charge is 0.230 e. The van der Waals surface area contributed by atoms with Crippen LogP contribution < -0.4 is 5.73 Å². The maximum absolute atomic E-state index is 10.2. The van der Waals surface area contributed by atoms with Gasteiger partial charge in [-0.1, -0.05) is 16.8 Å². The topological polar surface area (TPSA) is 72.3 Å². The second-order valence-electron chi connectivity index (χ2n) is 4.53. The molecule has 1 aliphatic rings. The predicted octanol–water partition coefficient (Wildman–Crippen LogP) is 3.16. The average Bonchev–Trinajstić information content (AvgIpc) is 2.77. The maximum Gasteiger partial charge on any atom is 0.230 e. The minimum absolute atomic E-state index is 0.0622. The van der Waals surface area contributed by atoms with Gasteiger partial charge in [0.15, 0.2) is 0 Å². The van der Waals surface area contributed by atoms with Crippen LogP contribution in [-0.4, -0.2) is 10.3 Å². The van der Waals surface area contributed by atoms with E-state index in [0.29, 0.717) is 16.1 Å². The number of halogens is 1. The first-order valence-corrected chi connectivity index (χ1v) is 6.30. The minimum atomic E-state index is 0.0622. The van der Waals surface area contributed by atoms with E-state index < -0.39 is 0 Å². The molecule has 0 radical (unpaired) electrons. The van der Waals surface area contributed by atoms with Crippen LogP contribution in [0.2, 0.25) is 5.02 Å². The van der Waals surface area contributed by atoms with E-state index in [2.05, 4.69) is 5.16 Å². The molecule has 1 aromatic carbocycles. The lowest BCUT2D eigenvalue weighted by Crippen LogP contribution is -2.05. The Morgan fingerprint density at radius 1 is 1.33 bits per heavy atom. The number of benzene rings is 1. The molecule has 0 unspecified atom stereocenters. The third-order valence-electron chi connectivity index (χ3n) is 3.44. The van der Waals surface area contributed by atoms with Crippen LogP contribution >= 0.6 is 11.6 Å². The fourth-order valence-electron chi connectivity index (χ4n) is 2.58. The highest BCUT2D eigenvalue weighted by Crippen LogP contribution is 2.44. The fraction of sp³-hybridized carbons (Fsp3) is 0.308. The van der Waals surface area contributed by atoms with Gasteiger partial charge in [-0.05, 0) is 42.9 Å². The Kier molecular flexibility index (Phi) is 2.67. The maximum atomic E-state index is 10.2. The summed E-state index contributed by atoms with van der Waals surface area (Å²) in [5, 5.41) is 14.2. The van der Waals surface area contributed by atoms with Crippen LogP contribution in [0.5, 0.6) is 5.75 Å². The second kappa shape index (κ2) is 4.21. The van der Waals surface area contributed by atoms with Crippen LogP contribution in [0.4, 0.5) is 5.88 Å². The third-order valence-corrected chi connectivity index (χ3v) is 3.73. The summed E-state index contributed by atoms with van der Waals surface area (Å²) in [7, 11) is 0. The number of rotatable bonds is 1. The van der Waals surface area contributed by atoms with Crippen LogP contribution in [0.3, 0.4) is 0 Å². The molecule has 1 aliphatic carbocycles. The van der Waals surface area contributed by atoms with Gasteiger partial charge in [0.2, 0.25) is 5.88 Å². The molecule has 3 rings (SSSR count). The van der Waals surface area contributed by atoms with Crippen molar-refractivity contribution in [2.24, 2.45) is 0 Å². The molecule has 0 fully saturated rings. The number of nitrogens with two attached hydrogens (primary N) is 1. The van der Waals surface area contributed by atoms with Gasteiger partial charge in [-0.25, -0.2) is 0 Å². The Bertz CT molecular complexity index is 607. The Hall–Kier alpha value is -1.68. The number of hydrogen-bond donors (Lipinski definition) is 2.